The normalized spacial score (nSPS) is 10.6. The minimum Gasteiger partial charge on any atom is -0.298 e. The Bertz CT molecular complexity index is 1270. The van der Waals surface area contributed by atoms with Crippen molar-refractivity contribution in [2.45, 2.75) is 6.92 Å². The maximum Gasteiger partial charge on any atom is 0.269 e. The number of anilines is 1. The number of nitrogens with one attached hydrogen (secondary N) is 1. The van der Waals surface area contributed by atoms with Crippen LogP contribution in [0.2, 0.25) is 5.02 Å². The van der Waals surface area contributed by atoms with Gasteiger partial charge in [0.2, 0.25) is 0 Å². The third-order valence-electron chi connectivity index (χ3n) is 4.59. The molecule has 154 valence electrons. The molecule has 1 aromatic heterocycles. The van der Waals surface area contributed by atoms with Crippen molar-refractivity contribution in [3.63, 3.8) is 0 Å². The van der Waals surface area contributed by atoms with Gasteiger partial charge in [-0.05, 0) is 48.9 Å². The van der Waals surface area contributed by atoms with Crippen molar-refractivity contribution in [2.75, 3.05) is 5.32 Å². The van der Waals surface area contributed by atoms with Crippen LogP contribution in [-0.4, -0.2) is 15.8 Å². The van der Waals surface area contributed by atoms with E-state index < -0.39 is 4.92 Å². The van der Waals surface area contributed by atoms with Gasteiger partial charge >= 0.3 is 0 Å². The lowest BCUT2D eigenvalue weighted by Gasteiger charge is -2.03. The number of carbonyl (C=O) groups excluding carboxylic acids is 1. The number of thiazole rings is 1. The molecule has 0 bridgehead atoms. The van der Waals surface area contributed by atoms with Crippen LogP contribution in [0, 0.1) is 17.0 Å². The smallest absolute Gasteiger partial charge is 0.269 e. The maximum absolute atomic E-state index is 12.7. The van der Waals surface area contributed by atoms with E-state index in [9.17, 15) is 14.9 Å². The topological polar surface area (TPSA) is 85.1 Å². The van der Waals surface area contributed by atoms with Gasteiger partial charge in [0, 0.05) is 28.3 Å². The van der Waals surface area contributed by atoms with E-state index in [1.165, 1.54) is 23.5 Å². The van der Waals surface area contributed by atoms with E-state index in [0.717, 1.165) is 21.6 Å². The second kappa shape index (κ2) is 8.67. The Morgan fingerprint density at radius 1 is 1.03 bits per heavy atom. The molecule has 3 aromatic carbocycles. The van der Waals surface area contributed by atoms with Gasteiger partial charge in [-0.15, -0.1) is 0 Å². The molecule has 1 amide bonds. The van der Waals surface area contributed by atoms with Crippen LogP contribution in [0.1, 0.15) is 15.9 Å². The molecule has 0 aliphatic carbocycles. The van der Waals surface area contributed by atoms with Crippen LogP contribution in [0.3, 0.4) is 0 Å². The molecule has 0 spiro atoms. The summed E-state index contributed by atoms with van der Waals surface area (Å²) in [6.45, 7) is 1.92. The van der Waals surface area contributed by atoms with Gasteiger partial charge in [0.25, 0.3) is 11.6 Å². The number of hydrogen-bond acceptors (Lipinski definition) is 5. The Morgan fingerprint density at radius 2 is 1.71 bits per heavy atom. The number of rotatable bonds is 5. The Morgan fingerprint density at radius 3 is 2.35 bits per heavy atom. The highest BCUT2D eigenvalue weighted by molar-refractivity contribution is 7.19. The predicted octanol–water partition coefficient (Wildman–Crippen LogP) is 6.60. The lowest BCUT2D eigenvalue weighted by Crippen LogP contribution is -2.11. The first-order chi connectivity index (χ1) is 14.9. The largest absolute Gasteiger partial charge is 0.298 e. The van der Waals surface area contributed by atoms with E-state index in [2.05, 4.69) is 10.3 Å². The zero-order chi connectivity index (χ0) is 22.0. The van der Waals surface area contributed by atoms with E-state index in [-0.39, 0.29) is 11.6 Å². The number of hydrogen-bond donors (Lipinski definition) is 1. The average Bonchev–Trinajstić information content (AvgIpc) is 3.18. The molecule has 0 aliphatic rings. The van der Waals surface area contributed by atoms with Crippen LogP contribution in [-0.2, 0) is 0 Å². The van der Waals surface area contributed by atoms with Gasteiger partial charge in [0.05, 0.1) is 15.5 Å². The van der Waals surface area contributed by atoms with Gasteiger partial charge in [-0.2, -0.15) is 0 Å². The summed E-state index contributed by atoms with van der Waals surface area (Å²) in [5, 5.41) is 14.9. The molecule has 6 nitrogen and oxygen atoms in total. The van der Waals surface area contributed by atoms with Gasteiger partial charge in [-0.3, -0.25) is 20.2 Å². The number of aromatic nitrogens is 1. The summed E-state index contributed by atoms with van der Waals surface area (Å²) in [4.78, 5) is 28.7. The van der Waals surface area contributed by atoms with Crippen molar-refractivity contribution in [1.82, 2.24) is 4.98 Å². The summed E-state index contributed by atoms with van der Waals surface area (Å²) in [7, 11) is 0. The molecule has 1 N–H and O–H groups in total. The van der Waals surface area contributed by atoms with Crippen LogP contribution < -0.4 is 5.32 Å². The summed E-state index contributed by atoms with van der Waals surface area (Å²) in [5.41, 5.74) is 3.79. The first-order valence-corrected chi connectivity index (χ1v) is 10.5. The number of nitro benzene ring substituents is 1. The molecule has 0 unspecified atom stereocenters. The molecule has 0 atom stereocenters. The Hall–Kier alpha value is -3.55. The molecular formula is C23H16ClN3O3S. The molecule has 4 aromatic rings. The zero-order valence-corrected chi connectivity index (χ0v) is 17.9. The highest BCUT2D eigenvalue weighted by Crippen LogP contribution is 2.40. The zero-order valence-electron chi connectivity index (χ0n) is 16.3. The molecule has 0 radical (unpaired) electrons. The molecule has 0 fully saturated rings. The monoisotopic (exact) mass is 449 g/mol. The number of amides is 1. The van der Waals surface area contributed by atoms with E-state index >= 15 is 0 Å². The molecule has 31 heavy (non-hydrogen) atoms. The lowest BCUT2D eigenvalue weighted by atomic mass is 10.1. The fraction of sp³-hybridized carbons (Fsp3) is 0.0435. The number of nitro groups is 1. The van der Waals surface area contributed by atoms with Crippen molar-refractivity contribution < 1.29 is 9.72 Å². The van der Waals surface area contributed by atoms with Gasteiger partial charge in [-0.25, -0.2) is 4.98 Å². The van der Waals surface area contributed by atoms with Gasteiger partial charge in [0.15, 0.2) is 5.13 Å². The standard InChI is InChI=1S/C23H16ClN3O3S/c1-14-3-2-4-17(13-14)22(28)26-23-25-20(15-5-9-18(24)10-6-15)21(31-23)16-7-11-19(12-8-16)27(29)30/h2-13H,1H3,(H,25,26,28). The van der Waals surface area contributed by atoms with Crippen molar-refractivity contribution >= 4 is 39.7 Å². The van der Waals surface area contributed by atoms with Crippen LogP contribution in [0.25, 0.3) is 21.7 Å². The summed E-state index contributed by atoms with van der Waals surface area (Å²) < 4.78 is 0. The van der Waals surface area contributed by atoms with Crippen LogP contribution >= 0.6 is 22.9 Å². The molecule has 0 saturated heterocycles. The minimum atomic E-state index is -0.440. The second-order valence-corrected chi connectivity index (χ2v) is 8.27. The Kier molecular flexibility index (Phi) is 5.79. The number of benzene rings is 3. The van der Waals surface area contributed by atoms with E-state index in [1.54, 1.807) is 36.4 Å². The van der Waals surface area contributed by atoms with Crippen LogP contribution in [0.5, 0.6) is 0 Å². The van der Waals surface area contributed by atoms with Gasteiger partial charge in [0.1, 0.15) is 0 Å². The lowest BCUT2D eigenvalue weighted by molar-refractivity contribution is -0.384. The molecule has 4 rings (SSSR count). The number of carbonyl (C=O) groups is 1. The van der Waals surface area contributed by atoms with E-state index in [1.807, 2.05) is 31.2 Å². The molecule has 0 saturated carbocycles. The number of aryl methyl sites for hydroxylation is 1. The number of halogens is 1. The average molecular weight is 450 g/mol. The minimum absolute atomic E-state index is 0.00859. The van der Waals surface area contributed by atoms with Crippen molar-refractivity contribution in [1.29, 1.82) is 0 Å². The second-order valence-electron chi connectivity index (χ2n) is 6.83. The van der Waals surface area contributed by atoms with Crippen LogP contribution in [0.15, 0.2) is 72.8 Å². The Balaban J connectivity index is 1.74. The first-order valence-electron chi connectivity index (χ1n) is 9.30. The predicted molar refractivity (Wildman–Crippen MR) is 124 cm³/mol. The molecule has 1 heterocycles. The van der Waals surface area contributed by atoms with Crippen molar-refractivity contribution in [3.8, 4) is 21.7 Å². The summed E-state index contributed by atoms with van der Waals surface area (Å²) in [6.07, 6.45) is 0. The third kappa shape index (κ3) is 4.63. The molecule has 8 heteroatoms. The highest BCUT2D eigenvalue weighted by Gasteiger charge is 2.18. The van der Waals surface area contributed by atoms with Crippen molar-refractivity contribution in [2.24, 2.45) is 0 Å². The van der Waals surface area contributed by atoms with Gasteiger partial charge < -0.3 is 0 Å². The van der Waals surface area contributed by atoms with Gasteiger partial charge in [-0.1, -0.05) is 52.8 Å². The summed E-state index contributed by atoms with van der Waals surface area (Å²) in [6, 6.07) is 20.8. The fourth-order valence-electron chi connectivity index (χ4n) is 3.06. The quantitative estimate of drug-likeness (QED) is 0.274. The third-order valence-corrected chi connectivity index (χ3v) is 5.86. The fourth-order valence-corrected chi connectivity index (χ4v) is 4.18. The molecule has 0 aliphatic heterocycles. The highest BCUT2D eigenvalue weighted by atomic mass is 35.5. The van der Waals surface area contributed by atoms with E-state index in [0.29, 0.717) is 21.4 Å². The van der Waals surface area contributed by atoms with Crippen LogP contribution in [0.4, 0.5) is 10.8 Å². The SMILES string of the molecule is Cc1cccc(C(=O)Nc2nc(-c3ccc(Cl)cc3)c(-c3ccc([N+](=O)[O-])cc3)s2)c1. The van der Waals surface area contributed by atoms with Crippen molar-refractivity contribution in [3.05, 3.63) is 99.1 Å². The summed E-state index contributed by atoms with van der Waals surface area (Å²) in [5.74, 6) is -0.254. The summed E-state index contributed by atoms with van der Waals surface area (Å²) >= 11 is 7.33. The maximum atomic E-state index is 12.7. The Labute approximate surface area is 187 Å². The number of nitrogens with zero attached hydrogens (tertiary/aromatic N) is 2. The molecular weight excluding hydrogens is 434 g/mol. The number of non-ortho nitro benzene ring substituents is 1. The van der Waals surface area contributed by atoms with E-state index in [4.69, 9.17) is 11.6 Å². The first kappa shape index (κ1) is 20.7.